The molecule has 0 aliphatic heterocycles. The molecule has 0 amide bonds. The molecule has 7 heteroatoms. The summed E-state index contributed by atoms with van der Waals surface area (Å²) < 4.78 is 1.80. The van der Waals surface area contributed by atoms with Gasteiger partial charge in [0, 0.05) is 25.4 Å². The average molecular weight is 329 g/mol. The van der Waals surface area contributed by atoms with Gasteiger partial charge in [-0.3, -0.25) is 4.79 Å². The van der Waals surface area contributed by atoms with Crippen molar-refractivity contribution < 1.29 is 0 Å². The molecule has 1 N–H and O–H groups in total. The first-order chi connectivity index (χ1) is 8.58. The number of nitrogens with one attached hydrogen (secondary N) is 1. The predicted octanol–water partition coefficient (Wildman–Crippen LogP) is 1.96. The van der Waals surface area contributed by atoms with Gasteiger partial charge in [0.1, 0.15) is 4.47 Å². The van der Waals surface area contributed by atoms with Gasteiger partial charge in [0.05, 0.1) is 22.6 Å². The van der Waals surface area contributed by atoms with Crippen LogP contribution in [-0.4, -0.2) is 21.3 Å². The van der Waals surface area contributed by atoms with E-state index >= 15 is 0 Å². The van der Waals surface area contributed by atoms with Gasteiger partial charge in [0.2, 0.25) is 0 Å². The molecule has 0 spiro atoms. The number of aromatic nitrogens is 3. The highest BCUT2D eigenvalue weighted by Gasteiger charge is 2.06. The van der Waals surface area contributed by atoms with Gasteiger partial charge in [-0.25, -0.2) is 9.67 Å². The standard InChI is InChI=1S/C11H13BrN4OS/c1-7-15-8(6-18-7)3-4-13-9-5-14-16(2)11(17)10(9)12/h5-6,13H,3-4H2,1-2H3. The van der Waals surface area contributed by atoms with Crippen LogP contribution in [0.15, 0.2) is 20.8 Å². The third-order valence-corrected chi connectivity index (χ3v) is 4.03. The number of rotatable bonds is 4. The van der Waals surface area contributed by atoms with Crippen LogP contribution in [-0.2, 0) is 13.5 Å². The molecular weight excluding hydrogens is 316 g/mol. The smallest absolute Gasteiger partial charge is 0.282 e. The topological polar surface area (TPSA) is 59.8 Å². The van der Waals surface area contributed by atoms with E-state index in [0.717, 1.165) is 23.7 Å². The number of hydrogen-bond acceptors (Lipinski definition) is 5. The first-order valence-electron chi connectivity index (χ1n) is 5.44. The van der Waals surface area contributed by atoms with E-state index in [1.54, 1.807) is 24.6 Å². The molecule has 2 rings (SSSR count). The number of anilines is 1. The molecule has 0 fully saturated rings. The molecular formula is C11H13BrN4OS. The van der Waals surface area contributed by atoms with Crippen LogP contribution in [0.5, 0.6) is 0 Å². The Morgan fingerprint density at radius 3 is 3.00 bits per heavy atom. The van der Waals surface area contributed by atoms with E-state index in [-0.39, 0.29) is 5.56 Å². The van der Waals surface area contributed by atoms with Crippen molar-refractivity contribution in [1.82, 2.24) is 14.8 Å². The highest BCUT2D eigenvalue weighted by atomic mass is 79.9. The van der Waals surface area contributed by atoms with Crippen LogP contribution in [0.2, 0.25) is 0 Å². The van der Waals surface area contributed by atoms with E-state index in [4.69, 9.17) is 0 Å². The molecule has 0 radical (unpaired) electrons. The second-order valence-corrected chi connectivity index (χ2v) is 5.69. The van der Waals surface area contributed by atoms with Crippen molar-refractivity contribution >= 4 is 33.0 Å². The average Bonchev–Trinajstić information content (AvgIpc) is 2.75. The van der Waals surface area contributed by atoms with Crippen molar-refractivity contribution in [2.24, 2.45) is 7.05 Å². The predicted molar refractivity (Wildman–Crippen MR) is 76.2 cm³/mol. The second kappa shape index (κ2) is 5.62. The SMILES string of the molecule is Cc1nc(CCNc2cnn(C)c(=O)c2Br)cs1. The van der Waals surface area contributed by atoms with Crippen molar-refractivity contribution in [2.45, 2.75) is 13.3 Å². The van der Waals surface area contributed by atoms with Crippen LogP contribution in [0.25, 0.3) is 0 Å². The van der Waals surface area contributed by atoms with Gasteiger partial charge >= 0.3 is 0 Å². The van der Waals surface area contributed by atoms with Gasteiger partial charge in [-0.15, -0.1) is 11.3 Å². The van der Waals surface area contributed by atoms with Crippen LogP contribution >= 0.6 is 27.3 Å². The Balaban J connectivity index is 1.99. The van der Waals surface area contributed by atoms with Crippen molar-refractivity contribution in [3.63, 3.8) is 0 Å². The van der Waals surface area contributed by atoms with Gasteiger partial charge in [-0.05, 0) is 22.9 Å². The van der Waals surface area contributed by atoms with Crippen molar-refractivity contribution in [3.8, 4) is 0 Å². The van der Waals surface area contributed by atoms with Crippen LogP contribution in [0.4, 0.5) is 5.69 Å². The molecule has 0 saturated carbocycles. The molecule has 5 nitrogen and oxygen atoms in total. The number of thiazole rings is 1. The highest BCUT2D eigenvalue weighted by Crippen LogP contribution is 2.16. The molecule has 18 heavy (non-hydrogen) atoms. The van der Waals surface area contributed by atoms with Crippen molar-refractivity contribution in [2.75, 3.05) is 11.9 Å². The summed E-state index contributed by atoms with van der Waals surface area (Å²) in [4.78, 5) is 16.0. The molecule has 2 aromatic rings. The fraction of sp³-hybridized carbons (Fsp3) is 0.364. The Kier molecular flexibility index (Phi) is 4.13. The Morgan fingerprint density at radius 2 is 2.33 bits per heavy atom. The Hall–Kier alpha value is -1.21. The largest absolute Gasteiger partial charge is 0.382 e. The third kappa shape index (κ3) is 2.97. The van der Waals surface area contributed by atoms with Gasteiger partial charge in [0.15, 0.2) is 0 Å². The molecule has 0 aromatic carbocycles. The highest BCUT2D eigenvalue weighted by molar-refractivity contribution is 9.10. The first-order valence-corrected chi connectivity index (χ1v) is 7.12. The van der Waals surface area contributed by atoms with E-state index in [9.17, 15) is 4.79 Å². The summed E-state index contributed by atoms with van der Waals surface area (Å²) in [6.45, 7) is 2.71. The van der Waals surface area contributed by atoms with Gasteiger partial charge in [-0.2, -0.15) is 5.10 Å². The normalized spacial score (nSPS) is 10.6. The maximum absolute atomic E-state index is 11.6. The van der Waals surface area contributed by atoms with Crippen LogP contribution in [0.1, 0.15) is 10.7 Å². The summed E-state index contributed by atoms with van der Waals surface area (Å²) in [5.74, 6) is 0. The molecule has 0 bridgehead atoms. The Bertz CT molecular complexity index is 607. The lowest BCUT2D eigenvalue weighted by molar-refractivity contribution is 0.703. The van der Waals surface area contributed by atoms with E-state index in [2.05, 4.69) is 31.3 Å². The number of aryl methyl sites for hydroxylation is 2. The molecule has 96 valence electrons. The number of hydrogen-bond donors (Lipinski definition) is 1. The monoisotopic (exact) mass is 328 g/mol. The lowest BCUT2D eigenvalue weighted by Gasteiger charge is -2.07. The molecule has 2 heterocycles. The summed E-state index contributed by atoms with van der Waals surface area (Å²) in [7, 11) is 1.62. The van der Waals surface area contributed by atoms with Crippen LogP contribution < -0.4 is 10.9 Å². The zero-order chi connectivity index (χ0) is 13.1. The molecule has 0 unspecified atom stereocenters. The minimum Gasteiger partial charge on any atom is -0.382 e. The van der Waals surface area contributed by atoms with Gasteiger partial charge in [-0.1, -0.05) is 0 Å². The molecule has 0 aliphatic carbocycles. The van der Waals surface area contributed by atoms with E-state index in [0.29, 0.717) is 10.2 Å². The first kappa shape index (κ1) is 13.2. The zero-order valence-electron chi connectivity index (χ0n) is 10.1. The minimum atomic E-state index is -0.149. The minimum absolute atomic E-state index is 0.149. The molecule has 0 atom stereocenters. The quantitative estimate of drug-likeness (QED) is 0.932. The summed E-state index contributed by atoms with van der Waals surface area (Å²) >= 11 is 4.92. The van der Waals surface area contributed by atoms with Gasteiger partial charge in [0.25, 0.3) is 5.56 Å². The molecule has 2 aromatic heterocycles. The summed E-state index contributed by atoms with van der Waals surface area (Å²) in [6, 6.07) is 0. The van der Waals surface area contributed by atoms with Gasteiger partial charge < -0.3 is 5.32 Å². The summed E-state index contributed by atoms with van der Waals surface area (Å²) in [5.41, 5.74) is 1.63. The van der Waals surface area contributed by atoms with Crippen LogP contribution in [0, 0.1) is 6.92 Å². The molecule has 0 saturated heterocycles. The summed E-state index contributed by atoms with van der Waals surface area (Å²) in [5, 5.41) is 10.3. The third-order valence-electron chi connectivity index (χ3n) is 2.44. The Labute approximate surface area is 117 Å². The zero-order valence-corrected chi connectivity index (χ0v) is 12.5. The van der Waals surface area contributed by atoms with E-state index in [1.165, 1.54) is 4.68 Å². The second-order valence-electron chi connectivity index (χ2n) is 3.84. The number of halogens is 1. The van der Waals surface area contributed by atoms with Crippen molar-refractivity contribution in [3.05, 3.63) is 37.1 Å². The van der Waals surface area contributed by atoms with E-state index in [1.807, 2.05) is 12.3 Å². The maximum atomic E-state index is 11.6. The Morgan fingerprint density at radius 1 is 1.56 bits per heavy atom. The molecule has 0 aliphatic rings. The van der Waals surface area contributed by atoms with Crippen molar-refractivity contribution in [1.29, 1.82) is 0 Å². The maximum Gasteiger partial charge on any atom is 0.282 e. The number of nitrogens with zero attached hydrogens (tertiary/aromatic N) is 3. The lowest BCUT2D eigenvalue weighted by atomic mass is 10.3. The fourth-order valence-electron chi connectivity index (χ4n) is 1.48. The lowest BCUT2D eigenvalue weighted by Crippen LogP contribution is -2.21. The van der Waals surface area contributed by atoms with E-state index < -0.39 is 0 Å². The summed E-state index contributed by atoms with van der Waals surface area (Å²) in [6.07, 6.45) is 2.46. The van der Waals surface area contributed by atoms with Crippen LogP contribution in [0.3, 0.4) is 0 Å². The fourth-order valence-corrected chi connectivity index (χ4v) is 2.63.